The number of carbonyl (C=O) groups is 1. The highest BCUT2D eigenvalue weighted by molar-refractivity contribution is 7.89. The van der Waals surface area contributed by atoms with Crippen molar-refractivity contribution < 1.29 is 22.7 Å². The molecule has 1 aromatic heterocycles. The van der Waals surface area contributed by atoms with Gasteiger partial charge in [-0.1, -0.05) is 18.2 Å². The minimum Gasteiger partial charge on any atom is -0.497 e. The number of nitrogens with zero attached hydrogens (tertiary/aromatic N) is 1. The molecule has 0 atom stereocenters. The first kappa shape index (κ1) is 27.1. The molecule has 0 saturated heterocycles. The molecule has 0 saturated carbocycles. The summed E-state index contributed by atoms with van der Waals surface area (Å²) in [5.41, 5.74) is 3.66. The Hall–Kier alpha value is -3.95. The number of sulfonamides is 1. The number of esters is 1. The molecule has 9 heteroatoms. The van der Waals surface area contributed by atoms with Crippen LogP contribution in [0.25, 0.3) is 10.9 Å². The third-order valence-electron chi connectivity index (χ3n) is 6.26. The number of carbonyl (C=O) groups excluding carboxylic acids is 1. The SMILES string of the molecule is CCOC(=O)c1ccc(S(=O)(=O)N(Cc2ccc(OC)cc2)Cc2cc3c(C)cc(C)cc3[nH]c2=O)cc1. The third kappa shape index (κ3) is 5.79. The number of pyridine rings is 1. The first-order chi connectivity index (χ1) is 18.1. The van der Waals surface area contributed by atoms with Crippen LogP contribution in [0.3, 0.4) is 0 Å². The van der Waals surface area contributed by atoms with E-state index in [2.05, 4.69) is 4.98 Å². The van der Waals surface area contributed by atoms with Crippen molar-refractivity contribution in [2.24, 2.45) is 0 Å². The summed E-state index contributed by atoms with van der Waals surface area (Å²) in [4.78, 5) is 28.0. The summed E-state index contributed by atoms with van der Waals surface area (Å²) in [5.74, 6) is 0.120. The summed E-state index contributed by atoms with van der Waals surface area (Å²) in [7, 11) is -2.50. The van der Waals surface area contributed by atoms with Gasteiger partial charge >= 0.3 is 5.97 Å². The van der Waals surface area contributed by atoms with Crippen molar-refractivity contribution in [3.63, 3.8) is 0 Å². The zero-order valence-electron chi connectivity index (χ0n) is 21.8. The number of benzene rings is 3. The molecule has 3 aromatic carbocycles. The maximum atomic E-state index is 13.8. The van der Waals surface area contributed by atoms with Crippen molar-refractivity contribution in [1.82, 2.24) is 9.29 Å². The number of aromatic amines is 1. The van der Waals surface area contributed by atoms with Crippen molar-refractivity contribution >= 4 is 26.9 Å². The van der Waals surface area contributed by atoms with Crippen LogP contribution in [-0.2, 0) is 27.8 Å². The second-order valence-corrected chi connectivity index (χ2v) is 11.0. The van der Waals surface area contributed by atoms with E-state index in [9.17, 15) is 18.0 Å². The van der Waals surface area contributed by atoms with Crippen LogP contribution in [0.4, 0.5) is 0 Å². The Morgan fingerprint density at radius 3 is 2.26 bits per heavy atom. The van der Waals surface area contributed by atoms with Gasteiger partial charge in [0.1, 0.15) is 5.75 Å². The summed E-state index contributed by atoms with van der Waals surface area (Å²) < 4.78 is 39.1. The lowest BCUT2D eigenvalue weighted by atomic mass is 10.0. The molecule has 8 nitrogen and oxygen atoms in total. The topological polar surface area (TPSA) is 106 Å². The van der Waals surface area contributed by atoms with Crippen molar-refractivity contribution in [3.8, 4) is 5.75 Å². The van der Waals surface area contributed by atoms with E-state index in [0.717, 1.165) is 22.1 Å². The predicted molar refractivity (Wildman–Crippen MR) is 146 cm³/mol. The molecule has 198 valence electrons. The van der Waals surface area contributed by atoms with E-state index in [4.69, 9.17) is 9.47 Å². The van der Waals surface area contributed by atoms with Crippen molar-refractivity contribution in [2.75, 3.05) is 13.7 Å². The highest BCUT2D eigenvalue weighted by Crippen LogP contribution is 2.24. The van der Waals surface area contributed by atoms with Gasteiger partial charge in [0.05, 0.1) is 24.2 Å². The lowest BCUT2D eigenvalue weighted by Crippen LogP contribution is -2.32. The summed E-state index contributed by atoms with van der Waals surface area (Å²) in [6.07, 6.45) is 0. The van der Waals surface area contributed by atoms with Crippen molar-refractivity contribution in [2.45, 2.75) is 38.8 Å². The number of ether oxygens (including phenoxy) is 2. The molecule has 38 heavy (non-hydrogen) atoms. The normalized spacial score (nSPS) is 11.6. The van der Waals surface area contributed by atoms with E-state index < -0.39 is 16.0 Å². The fourth-order valence-electron chi connectivity index (χ4n) is 4.31. The standard InChI is InChI=1S/C29H30N2O6S/c1-5-37-29(33)22-8-12-25(13-9-22)38(34,35)31(17-21-6-10-24(36-4)11-7-21)18-23-16-26-20(3)14-19(2)15-27(26)30-28(23)32/h6-16H,5,17-18H2,1-4H3,(H,30,32). The predicted octanol–water partition coefficient (Wildman–Crippen LogP) is 4.72. The van der Waals surface area contributed by atoms with Crippen LogP contribution in [0.1, 0.15) is 39.5 Å². The van der Waals surface area contributed by atoms with Crippen LogP contribution in [0.2, 0.25) is 0 Å². The summed E-state index contributed by atoms with van der Waals surface area (Å²) >= 11 is 0. The fraction of sp³-hybridized carbons (Fsp3) is 0.241. The molecule has 1 heterocycles. The number of H-pyrrole nitrogens is 1. The molecule has 0 aliphatic carbocycles. The van der Waals surface area contributed by atoms with Gasteiger partial charge in [-0.05, 0) is 86.0 Å². The van der Waals surface area contributed by atoms with Crippen LogP contribution in [0, 0.1) is 13.8 Å². The van der Waals surface area contributed by atoms with Gasteiger partial charge in [-0.3, -0.25) is 4.79 Å². The van der Waals surface area contributed by atoms with E-state index in [1.807, 2.05) is 26.0 Å². The van der Waals surface area contributed by atoms with E-state index in [-0.39, 0.29) is 35.7 Å². The molecular formula is C29H30N2O6S. The molecule has 0 spiro atoms. The minimum absolute atomic E-state index is 0.00285. The molecule has 0 aliphatic rings. The van der Waals surface area contributed by atoms with E-state index in [1.54, 1.807) is 44.4 Å². The largest absolute Gasteiger partial charge is 0.497 e. The number of hydrogen-bond acceptors (Lipinski definition) is 6. The highest BCUT2D eigenvalue weighted by Gasteiger charge is 2.26. The highest BCUT2D eigenvalue weighted by atomic mass is 32.2. The van der Waals surface area contributed by atoms with Gasteiger partial charge in [-0.15, -0.1) is 0 Å². The molecular weight excluding hydrogens is 504 g/mol. The maximum absolute atomic E-state index is 13.8. The zero-order valence-corrected chi connectivity index (χ0v) is 22.6. The first-order valence-corrected chi connectivity index (χ1v) is 13.6. The monoisotopic (exact) mass is 534 g/mol. The number of hydrogen-bond donors (Lipinski definition) is 1. The lowest BCUT2D eigenvalue weighted by molar-refractivity contribution is 0.0526. The van der Waals surface area contributed by atoms with E-state index in [1.165, 1.54) is 28.6 Å². The van der Waals surface area contributed by atoms with Crippen LogP contribution in [-0.4, -0.2) is 37.4 Å². The minimum atomic E-state index is -4.06. The molecule has 4 aromatic rings. The second-order valence-electron chi connectivity index (χ2n) is 9.03. The maximum Gasteiger partial charge on any atom is 0.338 e. The van der Waals surface area contributed by atoms with Crippen LogP contribution in [0.15, 0.2) is 76.4 Å². The van der Waals surface area contributed by atoms with Gasteiger partial charge in [0.2, 0.25) is 10.0 Å². The molecule has 0 bridgehead atoms. The fourth-order valence-corrected chi connectivity index (χ4v) is 5.72. The number of aromatic nitrogens is 1. The smallest absolute Gasteiger partial charge is 0.338 e. The van der Waals surface area contributed by atoms with E-state index in [0.29, 0.717) is 16.8 Å². The quantitative estimate of drug-likeness (QED) is 0.312. The zero-order chi connectivity index (χ0) is 27.4. The van der Waals surface area contributed by atoms with Gasteiger partial charge in [0, 0.05) is 29.6 Å². The number of fused-ring (bicyclic) bond motifs is 1. The number of methoxy groups -OCH3 is 1. The Morgan fingerprint density at radius 2 is 1.63 bits per heavy atom. The third-order valence-corrected chi connectivity index (χ3v) is 8.06. The van der Waals surface area contributed by atoms with Crippen molar-refractivity contribution in [3.05, 3.63) is 105 Å². The Labute approximate surface area is 221 Å². The van der Waals surface area contributed by atoms with Crippen LogP contribution >= 0.6 is 0 Å². The van der Waals surface area contributed by atoms with Crippen LogP contribution in [0.5, 0.6) is 5.75 Å². The Bertz CT molecular complexity index is 1630. The number of nitrogens with one attached hydrogen (secondary N) is 1. The summed E-state index contributed by atoms with van der Waals surface area (Å²) in [5, 5.41) is 0.853. The molecule has 0 fully saturated rings. The molecule has 4 rings (SSSR count). The Balaban J connectivity index is 1.75. The van der Waals surface area contributed by atoms with Gasteiger partial charge in [-0.25, -0.2) is 13.2 Å². The number of rotatable bonds is 9. The molecule has 0 unspecified atom stereocenters. The average molecular weight is 535 g/mol. The average Bonchev–Trinajstić information content (AvgIpc) is 2.89. The van der Waals surface area contributed by atoms with Gasteiger partial charge < -0.3 is 14.5 Å². The van der Waals surface area contributed by atoms with Crippen LogP contribution < -0.4 is 10.3 Å². The van der Waals surface area contributed by atoms with E-state index >= 15 is 0 Å². The number of aryl methyl sites for hydroxylation is 2. The first-order valence-electron chi connectivity index (χ1n) is 12.2. The Morgan fingerprint density at radius 1 is 0.947 bits per heavy atom. The molecule has 0 amide bonds. The summed E-state index contributed by atoms with van der Waals surface area (Å²) in [6.45, 7) is 5.70. The van der Waals surface area contributed by atoms with Gasteiger partial charge in [0.25, 0.3) is 5.56 Å². The van der Waals surface area contributed by atoms with Gasteiger partial charge in [0.15, 0.2) is 0 Å². The van der Waals surface area contributed by atoms with Gasteiger partial charge in [-0.2, -0.15) is 4.31 Å². The second kappa shape index (κ2) is 11.2. The Kier molecular flexibility index (Phi) is 7.99. The van der Waals surface area contributed by atoms with Crippen molar-refractivity contribution in [1.29, 1.82) is 0 Å². The lowest BCUT2D eigenvalue weighted by Gasteiger charge is -2.23. The molecule has 1 N–H and O–H groups in total. The molecule has 0 radical (unpaired) electrons. The summed E-state index contributed by atoms with van der Waals surface area (Å²) in [6, 6.07) is 18.3. The molecule has 0 aliphatic heterocycles.